The SMILES string of the molecule is CCN1CCN(C(=O)c2cc(N)c(C)s2)CC1C. The lowest BCUT2D eigenvalue weighted by Gasteiger charge is -2.39. The van der Waals surface area contributed by atoms with Crippen molar-refractivity contribution in [3.05, 3.63) is 15.8 Å². The third-order valence-electron chi connectivity index (χ3n) is 3.63. The molecule has 1 unspecified atom stereocenters. The monoisotopic (exact) mass is 267 g/mol. The van der Waals surface area contributed by atoms with Gasteiger partial charge in [-0.15, -0.1) is 11.3 Å². The van der Waals surface area contributed by atoms with Crippen molar-refractivity contribution < 1.29 is 4.79 Å². The van der Waals surface area contributed by atoms with Crippen LogP contribution < -0.4 is 5.73 Å². The van der Waals surface area contributed by atoms with Gasteiger partial charge in [0.05, 0.1) is 4.88 Å². The molecule has 18 heavy (non-hydrogen) atoms. The van der Waals surface area contributed by atoms with E-state index in [0.29, 0.717) is 6.04 Å². The van der Waals surface area contributed by atoms with Gasteiger partial charge in [-0.25, -0.2) is 0 Å². The Morgan fingerprint density at radius 3 is 2.78 bits per heavy atom. The van der Waals surface area contributed by atoms with E-state index in [-0.39, 0.29) is 5.91 Å². The van der Waals surface area contributed by atoms with E-state index < -0.39 is 0 Å². The number of carbonyl (C=O) groups is 1. The highest BCUT2D eigenvalue weighted by atomic mass is 32.1. The average molecular weight is 267 g/mol. The van der Waals surface area contributed by atoms with Gasteiger partial charge in [-0.1, -0.05) is 6.92 Å². The molecule has 4 nitrogen and oxygen atoms in total. The summed E-state index contributed by atoms with van der Waals surface area (Å²) in [6.45, 7) is 9.93. The van der Waals surface area contributed by atoms with Crippen molar-refractivity contribution in [2.45, 2.75) is 26.8 Å². The molecule has 1 saturated heterocycles. The summed E-state index contributed by atoms with van der Waals surface area (Å²) in [4.78, 5) is 18.5. The molecule has 1 fully saturated rings. The third-order valence-corrected chi connectivity index (χ3v) is 4.68. The van der Waals surface area contributed by atoms with Crippen molar-refractivity contribution in [3.8, 4) is 0 Å². The number of amides is 1. The van der Waals surface area contributed by atoms with E-state index in [1.54, 1.807) is 6.07 Å². The molecule has 1 amide bonds. The normalized spacial score (nSPS) is 21.3. The van der Waals surface area contributed by atoms with Gasteiger partial charge in [-0.3, -0.25) is 9.69 Å². The number of nitrogens with zero attached hydrogens (tertiary/aromatic N) is 2. The Morgan fingerprint density at radius 1 is 1.56 bits per heavy atom. The first-order valence-electron chi connectivity index (χ1n) is 6.42. The molecule has 5 heteroatoms. The van der Waals surface area contributed by atoms with Gasteiger partial charge in [0.15, 0.2) is 0 Å². The zero-order chi connectivity index (χ0) is 13.3. The molecule has 100 valence electrons. The van der Waals surface area contributed by atoms with E-state index in [1.165, 1.54) is 11.3 Å². The maximum Gasteiger partial charge on any atom is 0.264 e. The molecule has 2 heterocycles. The molecule has 2 N–H and O–H groups in total. The predicted molar refractivity (Wildman–Crippen MR) is 76.1 cm³/mol. The van der Waals surface area contributed by atoms with Crippen LogP contribution in [0.15, 0.2) is 6.07 Å². The van der Waals surface area contributed by atoms with Crippen LogP contribution in [-0.4, -0.2) is 47.9 Å². The van der Waals surface area contributed by atoms with E-state index >= 15 is 0 Å². The zero-order valence-corrected chi connectivity index (χ0v) is 12.1. The quantitative estimate of drug-likeness (QED) is 0.889. The van der Waals surface area contributed by atoms with Crippen LogP contribution in [0.5, 0.6) is 0 Å². The first-order valence-corrected chi connectivity index (χ1v) is 7.23. The minimum atomic E-state index is 0.127. The highest BCUT2D eigenvalue weighted by molar-refractivity contribution is 7.14. The molecule has 0 spiro atoms. The van der Waals surface area contributed by atoms with Gasteiger partial charge in [0.25, 0.3) is 5.91 Å². The molecule has 2 rings (SSSR count). The van der Waals surface area contributed by atoms with E-state index in [9.17, 15) is 4.79 Å². The molecule has 1 aromatic rings. The lowest BCUT2D eigenvalue weighted by atomic mass is 10.2. The second-order valence-corrected chi connectivity index (χ2v) is 6.11. The highest BCUT2D eigenvalue weighted by Gasteiger charge is 2.27. The number of likely N-dealkylation sites (N-methyl/N-ethyl adjacent to an activating group) is 1. The molecule has 0 saturated carbocycles. The van der Waals surface area contributed by atoms with Crippen LogP contribution in [0.1, 0.15) is 28.4 Å². The standard InChI is InChI=1S/C13H21N3OS/c1-4-15-5-6-16(8-9(15)2)13(17)12-7-11(14)10(3)18-12/h7,9H,4-6,8,14H2,1-3H3. The predicted octanol–water partition coefficient (Wildman–Crippen LogP) is 1.80. The van der Waals surface area contributed by atoms with Gasteiger partial charge < -0.3 is 10.6 Å². The van der Waals surface area contributed by atoms with Gasteiger partial charge >= 0.3 is 0 Å². The summed E-state index contributed by atoms with van der Waals surface area (Å²) in [5, 5.41) is 0. The van der Waals surface area contributed by atoms with Crippen LogP contribution in [0.25, 0.3) is 0 Å². The van der Waals surface area contributed by atoms with E-state index in [0.717, 1.165) is 41.6 Å². The molecular formula is C13H21N3OS. The first-order chi connectivity index (χ1) is 8.52. The summed E-state index contributed by atoms with van der Waals surface area (Å²) in [7, 11) is 0. The fraction of sp³-hybridized carbons (Fsp3) is 0.615. The summed E-state index contributed by atoms with van der Waals surface area (Å²) >= 11 is 1.49. The first kappa shape index (κ1) is 13.4. The van der Waals surface area contributed by atoms with Crippen LogP contribution in [0.2, 0.25) is 0 Å². The molecule has 1 aromatic heterocycles. The fourth-order valence-electron chi connectivity index (χ4n) is 2.41. The molecule has 0 radical (unpaired) electrons. The van der Waals surface area contributed by atoms with Crippen LogP contribution in [0.4, 0.5) is 5.69 Å². The van der Waals surface area contributed by atoms with Crippen molar-refractivity contribution in [1.82, 2.24) is 9.80 Å². The van der Waals surface area contributed by atoms with Crippen LogP contribution in [-0.2, 0) is 0 Å². The van der Waals surface area contributed by atoms with E-state index in [4.69, 9.17) is 5.73 Å². The molecule has 0 bridgehead atoms. The van der Waals surface area contributed by atoms with Crippen molar-refractivity contribution in [2.75, 3.05) is 31.9 Å². The van der Waals surface area contributed by atoms with Crippen molar-refractivity contribution in [2.24, 2.45) is 0 Å². The van der Waals surface area contributed by atoms with Gasteiger partial charge in [0.1, 0.15) is 0 Å². The molecule has 1 aliphatic rings. The molecule has 1 aliphatic heterocycles. The minimum absolute atomic E-state index is 0.127. The number of thiophene rings is 1. The lowest BCUT2D eigenvalue weighted by molar-refractivity contribution is 0.0533. The summed E-state index contributed by atoms with van der Waals surface area (Å²) in [6.07, 6.45) is 0. The van der Waals surface area contributed by atoms with E-state index in [1.807, 2.05) is 11.8 Å². The maximum atomic E-state index is 12.4. The minimum Gasteiger partial charge on any atom is -0.398 e. The number of nitrogens with two attached hydrogens (primary N) is 1. The van der Waals surface area contributed by atoms with Crippen LogP contribution in [0, 0.1) is 6.92 Å². The maximum absolute atomic E-state index is 12.4. The summed E-state index contributed by atoms with van der Waals surface area (Å²) in [5.41, 5.74) is 6.54. The Bertz CT molecular complexity index is 424. The zero-order valence-electron chi connectivity index (χ0n) is 11.3. The number of rotatable bonds is 2. The number of hydrogen-bond donors (Lipinski definition) is 1. The fourth-order valence-corrected chi connectivity index (χ4v) is 3.32. The lowest BCUT2D eigenvalue weighted by Crippen LogP contribution is -2.53. The number of anilines is 1. The van der Waals surface area contributed by atoms with Crippen molar-refractivity contribution >= 4 is 22.9 Å². The van der Waals surface area contributed by atoms with Gasteiger partial charge in [-0.2, -0.15) is 0 Å². The Hall–Kier alpha value is -1.07. The summed E-state index contributed by atoms with van der Waals surface area (Å²) in [5.74, 6) is 0.127. The van der Waals surface area contributed by atoms with Crippen LogP contribution in [0.3, 0.4) is 0 Å². The second-order valence-electron chi connectivity index (χ2n) is 4.85. The van der Waals surface area contributed by atoms with Crippen molar-refractivity contribution in [1.29, 1.82) is 0 Å². The largest absolute Gasteiger partial charge is 0.398 e. The smallest absolute Gasteiger partial charge is 0.264 e. The Balaban J connectivity index is 2.06. The number of aryl methyl sites for hydroxylation is 1. The van der Waals surface area contributed by atoms with Gasteiger partial charge in [0.2, 0.25) is 0 Å². The van der Waals surface area contributed by atoms with Crippen LogP contribution >= 0.6 is 11.3 Å². The number of carbonyl (C=O) groups excluding carboxylic acids is 1. The third kappa shape index (κ3) is 2.52. The topological polar surface area (TPSA) is 49.6 Å². The van der Waals surface area contributed by atoms with Gasteiger partial charge in [0, 0.05) is 36.2 Å². The molecular weight excluding hydrogens is 246 g/mol. The average Bonchev–Trinajstić information content (AvgIpc) is 2.68. The van der Waals surface area contributed by atoms with Crippen molar-refractivity contribution in [3.63, 3.8) is 0 Å². The summed E-state index contributed by atoms with van der Waals surface area (Å²) in [6, 6.07) is 2.24. The molecule has 0 aromatic carbocycles. The number of piperazine rings is 1. The van der Waals surface area contributed by atoms with Gasteiger partial charge in [-0.05, 0) is 26.5 Å². The molecule has 0 aliphatic carbocycles. The number of hydrogen-bond acceptors (Lipinski definition) is 4. The summed E-state index contributed by atoms with van der Waals surface area (Å²) < 4.78 is 0. The Kier molecular flexibility index (Phi) is 3.92. The Labute approximate surface area is 112 Å². The Morgan fingerprint density at radius 2 is 2.28 bits per heavy atom. The second kappa shape index (κ2) is 5.28. The highest BCUT2D eigenvalue weighted by Crippen LogP contribution is 2.25. The number of nitrogen functional groups attached to an aromatic ring is 1. The molecule has 1 atom stereocenters. The van der Waals surface area contributed by atoms with E-state index in [2.05, 4.69) is 18.7 Å².